The van der Waals surface area contributed by atoms with Crippen LogP contribution in [0, 0.1) is 6.92 Å². The van der Waals surface area contributed by atoms with E-state index in [1.54, 1.807) is 14.0 Å². The summed E-state index contributed by atoms with van der Waals surface area (Å²) in [6, 6.07) is 0. The van der Waals surface area contributed by atoms with Gasteiger partial charge in [-0.2, -0.15) is 4.98 Å². The van der Waals surface area contributed by atoms with Gasteiger partial charge in [0.2, 0.25) is 0 Å². The van der Waals surface area contributed by atoms with Gasteiger partial charge in [-0.15, -0.1) is 0 Å². The summed E-state index contributed by atoms with van der Waals surface area (Å²) < 4.78 is 1.38. The Morgan fingerprint density at radius 3 is 2.67 bits per heavy atom. The number of aromatic amines is 1. The molecule has 0 radical (unpaired) electrons. The van der Waals surface area contributed by atoms with Crippen LogP contribution in [0.5, 0.6) is 0 Å². The fraction of sp³-hybridized carbons (Fsp3) is 0.417. The van der Waals surface area contributed by atoms with Gasteiger partial charge < -0.3 is 5.73 Å². The summed E-state index contributed by atoms with van der Waals surface area (Å²) in [5.74, 6) is 1.06. The van der Waals surface area contributed by atoms with Gasteiger partial charge in [0, 0.05) is 19.0 Å². The molecule has 2 heterocycles. The minimum absolute atomic E-state index is 0.336. The quantitative estimate of drug-likeness (QED) is 0.613. The van der Waals surface area contributed by atoms with E-state index < -0.39 is 11.1 Å². The molecule has 0 saturated heterocycles. The first kappa shape index (κ1) is 15.2. The van der Waals surface area contributed by atoms with Gasteiger partial charge in [-0.25, -0.2) is 9.97 Å². The molecule has 0 aliphatic carbocycles. The van der Waals surface area contributed by atoms with E-state index in [9.17, 15) is 9.59 Å². The Morgan fingerprint density at radius 2 is 2.00 bits per heavy atom. The molecule has 2 aromatic rings. The van der Waals surface area contributed by atoms with Crippen molar-refractivity contribution < 1.29 is 0 Å². The Labute approximate surface area is 124 Å². The second-order valence-corrected chi connectivity index (χ2v) is 5.46. The highest BCUT2D eigenvalue weighted by molar-refractivity contribution is 7.99. The molecule has 21 heavy (non-hydrogen) atoms. The monoisotopic (exact) mass is 308 g/mol. The highest BCUT2D eigenvalue weighted by Gasteiger charge is 2.13. The Balaban J connectivity index is 2.46. The number of hydrogen-bond acceptors (Lipinski definition) is 7. The highest BCUT2D eigenvalue weighted by Crippen LogP contribution is 2.28. The largest absolute Gasteiger partial charge is 0.383 e. The van der Waals surface area contributed by atoms with Gasteiger partial charge in [-0.05, 0) is 25.1 Å². The summed E-state index contributed by atoms with van der Waals surface area (Å²) >= 11 is 1.17. The molecule has 2 aromatic heterocycles. The van der Waals surface area contributed by atoms with Crippen LogP contribution in [0.3, 0.4) is 0 Å². The summed E-state index contributed by atoms with van der Waals surface area (Å²) in [6.07, 6.45) is 1.62. The zero-order valence-electron chi connectivity index (χ0n) is 12.0. The van der Waals surface area contributed by atoms with Gasteiger partial charge >= 0.3 is 11.1 Å². The smallest absolute Gasteiger partial charge is 0.339 e. The highest BCUT2D eigenvalue weighted by atomic mass is 32.2. The lowest BCUT2D eigenvalue weighted by Crippen LogP contribution is -2.33. The molecule has 0 atom stereocenters. The minimum atomic E-state index is -0.830. The standard InChI is InChI=1S/C12H16N6O2S/c1-4-5-7-14-8(13)6(2)11(15-7)21-12-16-9(19)10(20)17-18(12)3/h4-5H2,1-3H3,(H,17,20)(H2,13,14,15). The van der Waals surface area contributed by atoms with Crippen molar-refractivity contribution in [1.82, 2.24) is 24.7 Å². The number of H-pyrrole nitrogens is 1. The molecule has 9 heteroatoms. The first-order valence-corrected chi connectivity index (χ1v) is 7.22. The van der Waals surface area contributed by atoms with E-state index in [2.05, 4.69) is 20.1 Å². The Hall–Kier alpha value is -2.16. The Morgan fingerprint density at radius 1 is 1.29 bits per heavy atom. The predicted molar refractivity (Wildman–Crippen MR) is 79.4 cm³/mol. The van der Waals surface area contributed by atoms with Crippen LogP contribution in [0.25, 0.3) is 0 Å². The van der Waals surface area contributed by atoms with Crippen molar-refractivity contribution >= 4 is 17.6 Å². The number of rotatable bonds is 4. The molecule has 0 aromatic carbocycles. The van der Waals surface area contributed by atoms with Gasteiger partial charge in [-0.3, -0.25) is 19.4 Å². The molecule has 0 spiro atoms. The zero-order chi connectivity index (χ0) is 15.6. The van der Waals surface area contributed by atoms with E-state index >= 15 is 0 Å². The van der Waals surface area contributed by atoms with E-state index in [4.69, 9.17) is 5.73 Å². The topological polar surface area (TPSA) is 120 Å². The van der Waals surface area contributed by atoms with E-state index in [1.807, 2.05) is 6.92 Å². The van der Waals surface area contributed by atoms with Crippen LogP contribution in [-0.2, 0) is 13.5 Å². The van der Waals surface area contributed by atoms with Crippen molar-refractivity contribution in [2.75, 3.05) is 5.73 Å². The van der Waals surface area contributed by atoms with Gasteiger partial charge in [0.15, 0.2) is 5.16 Å². The molecule has 0 saturated carbocycles. The first-order valence-electron chi connectivity index (χ1n) is 6.40. The van der Waals surface area contributed by atoms with E-state index in [0.717, 1.165) is 18.4 Å². The third-order valence-corrected chi connectivity index (χ3v) is 3.93. The lowest BCUT2D eigenvalue weighted by Gasteiger charge is -2.10. The molecule has 0 unspecified atom stereocenters. The fourth-order valence-electron chi connectivity index (χ4n) is 1.63. The van der Waals surface area contributed by atoms with Crippen molar-refractivity contribution in [1.29, 1.82) is 0 Å². The third-order valence-electron chi connectivity index (χ3n) is 2.79. The summed E-state index contributed by atoms with van der Waals surface area (Å²) in [5.41, 5.74) is 5.02. The summed E-state index contributed by atoms with van der Waals surface area (Å²) in [4.78, 5) is 35.0. The lowest BCUT2D eigenvalue weighted by atomic mass is 10.3. The SMILES string of the molecule is CCCc1nc(N)c(C)c(Sc2nc(=O)c(=O)[nH]n2C)n1. The Bertz CT molecular complexity index is 782. The number of nitrogen functional groups attached to an aromatic ring is 1. The molecule has 0 amide bonds. The van der Waals surface area contributed by atoms with Gasteiger partial charge in [0.25, 0.3) is 0 Å². The van der Waals surface area contributed by atoms with Gasteiger partial charge in [0.05, 0.1) is 0 Å². The molecule has 0 aliphatic heterocycles. The average Bonchev–Trinajstić information content (AvgIpc) is 2.42. The van der Waals surface area contributed by atoms with E-state index in [0.29, 0.717) is 21.8 Å². The lowest BCUT2D eigenvalue weighted by molar-refractivity contribution is 0.595. The maximum absolute atomic E-state index is 11.4. The van der Waals surface area contributed by atoms with Crippen molar-refractivity contribution in [2.24, 2.45) is 7.05 Å². The number of aromatic nitrogens is 5. The van der Waals surface area contributed by atoms with Gasteiger partial charge in [-0.1, -0.05) is 6.92 Å². The van der Waals surface area contributed by atoms with E-state index in [-0.39, 0.29) is 0 Å². The number of nitrogens with one attached hydrogen (secondary N) is 1. The van der Waals surface area contributed by atoms with Crippen LogP contribution in [0.15, 0.2) is 19.8 Å². The molecule has 0 bridgehead atoms. The summed E-state index contributed by atoms with van der Waals surface area (Å²) in [5, 5.41) is 3.35. The van der Waals surface area contributed by atoms with Crippen LogP contribution in [0.2, 0.25) is 0 Å². The molecular formula is C12H16N6O2S. The average molecular weight is 308 g/mol. The minimum Gasteiger partial charge on any atom is -0.383 e. The maximum Gasteiger partial charge on any atom is 0.339 e. The van der Waals surface area contributed by atoms with Crippen LogP contribution in [0.1, 0.15) is 24.7 Å². The van der Waals surface area contributed by atoms with Crippen molar-refractivity contribution in [2.45, 2.75) is 36.9 Å². The van der Waals surface area contributed by atoms with Crippen LogP contribution >= 0.6 is 11.8 Å². The fourth-order valence-corrected chi connectivity index (χ4v) is 2.52. The predicted octanol–water partition coefficient (Wildman–Crippen LogP) is 0.253. The molecule has 112 valence electrons. The number of aryl methyl sites for hydroxylation is 2. The second-order valence-electron chi connectivity index (χ2n) is 4.51. The number of nitrogens with two attached hydrogens (primary N) is 1. The number of anilines is 1. The van der Waals surface area contributed by atoms with Crippen LogP contribution in [0.4, 0.5) is 5.82 Å². The zero-order valence-corrected chi connectivity index (χ0v) is 12.8. The molecule has 3 N–H and O–H groups in total. The molecule has 8 nitrogen and oxygen atoms in total. The molecular weight excluding hydrogens is 292 g/mol. The van der Waals surface area contributed by atoms with Crippen LogP contribution in [-0.4, -0.2) is 24.7 Å². The number of nitrogens with zero attached hydrogens (tertiary/aromatic N) is 4. The summed E-state index contributed by atoms with van der Waals surface area (Å²) in [7, 11) is 1.60. The van der Waals surface area contributed by atoms with Crippen molar-refractivity contribution in [3.63, 3.8) is 0 Å². The molecule has 0 fully saturated rings. The maximum atomic E-state index is 11.4. The van der Waals surface area contributed by atoms with Crippen molar-refractivity contribution in [3.05, 3.63) is 32.1 Å². The van der Waals surface area contributed by atoms with Crippen molar-refractivity contribution in [3.8, 4) is 0 Å². The molecule has 0 aliphatic rings. The Kier molecular flexibility index (Phi) is 4.41. The number of hydrogen-bond donors (Lipinski definition) is 2. The van der Waals surface area contributed by atoms with Gasteiger partial charge in [0.1, 0.15) is 16.7 Å². The first-order chi connectivity index (χ1) is 9.92. The molecule has 2 rings (SSSR count). The van der Waals surface area contributed by atoms with E-state index in [1.165, 1.54) is 16.4 Å². The normalized spacial score (nSPS) is 10.8. The third kappa shape index (κ3) is 3.30. The summed E-state index contributed by atoms with van der Waals surface area (Å²) in [6.45, 7) is 3.83. The second kappa shape index (κ2) is 6.08. The van der Waals surface area contributed by atoms with Crippen LogP contribution < -0.4 is 16.9 Å².